The number of rotatable bonds is 3. The monoisotopic (exact) mass is 323 g/mol. The molecule has 4 nitrogen and oxygen atoms in total. The second kappa shape index (κ2) is 6.28. The van der Waals surface area contributed by atoms with Gasteiger partial charge in [0, 0.05) is 11.6 Å². The molecule has 0 fully saturated rings. The van der Waals surface area contributed by atoms with Crippen molar-refractivity contribution in [3.63, 3.8) is 0 Å². The van der Waals surface area contributed by atoms with Crippen LogP contribution in [0.25, 0.3) is 5.69 Å². The molecule has 1 amide bonds. The maximum Gasteiger partial charge on any atom is 0.256 e. The number of aromatic nitrogens is 2. The van der Waals surface area contributed by atoms with Crippen LogP contribution in [0.4, 0.5) is 10.2 Å². The van der Waals surface area contributed by atoms with E-state index in [2.05, 4.69) is 16.5 Å². The Kier molecular flexibility index (Phi) is 4.16. The lowest BCUT2D eigenvalue weighted by atomic mass is 10.1. The van der Waals surface area contributed by atoms with E-state index >= 15 is 0 Å². The zero-order valence-electron chi connectivity index (χ0n) is 13.8. The van der Waals surface area contributed by atoms with Gasteiger partial charge in [-0.25, -0.2) is 9.07 Å². The molecule has 0 aliphatic heterocycles. The van der Waals surface area contributed by atoms with E-state index in [1.54, 1.807) is 16.8 Å². The average Bonchev–Trinajstić information content (AvgIpc) is 2.87. The van der Waals surface area contributed by atoms with Gasteiger partial charge in [0.25, 0.3) is 5.91 Å². The molecule has 1 aromatic heterocycles. The van der Waals surface area contributed by atoms with Crippen LogP contribution in [0.5, 0.6) is 0 Å². The van der Waals surface area contributed by atoms with Crippen molar-refractivity contribution >= 4 is 11.7 Å². The smallest absolute Gasteiger partial charge is 0.256 e. The third-order valence-electron chi connectivity index (χ3n) is 3.61. The molecule has 0 bridgehead atoms. The van der Waals surface area contributed by atoms with Crippen LogP contribution in [0, 0.1) is 26.6 Å². The standard InChI is InChI=1S/C19H18FN3O/c1-12-7-13(2)9-17(8-12)23-18(10-14(3)22-23)21-19(24)15-5-4-6-16(20)11-15/h4-11H,1-3H3,(H,21,24). The highest BCUT2D eigenvalue weighted by molar-refractivity contribution is 6.03. The molecule has 0 atom stereocenters. The van der Waals surface area contributed by atoms with E-state index in [9.17, 15) is 9.18 Å². The van der Waals surface area contributed by atoms with Gasteiger partial charge in [0.15, 0.2) is 0 Å². The van der Waals surface area contributed by atoms with Crippen molar-refractivity contribution in [2.45, 2.75) is 20.8 Å². The zero-order valence-corrected chi connectivity index (χ0v) is 13.8. The van der Waals surface area contributed by atoms with E-state index in [1.165, 1.54) is 18.2 Å². The first-order valence-electron chi connectivity index (χ1n) is 7.64. The normalized spacial score (nSPS) is 10.7. The molecule has 3 rings (SSSR count). The fraction of sp³-hybridized carbons (Fsp3) is 0.158. The van der Waals surface area contributed by atoms with Crippen LogP contribution in [-0.2, 0) is 0 Å². The maximum atomic E-state index is 13.3. The second-order valence-electron chi connectivity index (χ2n) is 5.89. The summed E-state index contributed by atoms with van der Waals surface area (Å²) in [5.41, 5.74) is 4.14. The number of nitrogens with zero attached hydrogens (tertiary/aromatic N) is 2. The third-order valence-corrected chi connectivity index (χ3v) is 3.61. The molecule has 0 unspecified atom stereocenters. The lowest BCUT2D eigenvalue weighted by Crippen LogP contribution is -2.15. The number of nitrogens with one attached hydrogen (secondary N) is 1. The molecule has 0 spiro atoms. The minimum Gasteiger partial charge on any atom is -0.306 e. The first-order chi connectivity index (χ1) is 11.4. The van der Waals surface area contributed by atoms with E-state index in [-0.39, 0.29) is 11.5 Å². The van der Waals surface area contributed by atoms with Gasteiger partial charge in [-0.05, 0) is 62.2 Å². The topological polar surface area (TPSA) is 46.9 Å². The molecule has 0 saturated heterocycles. The van der Waals surface area contributed by atoms with E-state index in [0.29, 0.717) is 5.82 Å². The number of halogens is 1. The Labute approximate surface area is 139 Å². The largest absolute Gasteiger partial charge is 0.306 e. The number of carbonyl (C=O) groups excluding carboxylic acids is 1. The van der Waals surface area contributed by atoms with Crippen molar-refractivity contribution in [2.24, 2.45) is 0 Å². The highest BCUT2D eigenvalue weighted by atomic mass is 19.1. The summed E-state index contributed by atoms with van der Waals surface area (Å²) in [6.45, 7) is 5.88. The van der Waals surface area contributed by atoms with Crippen LogP contribution in [0.2, 0.25) is 0 Å². The lowest BCUT2D eigenvalue weighted by molar-refractivity contribution is 0.102. The Balaban J connectivity index is 1.96. The summed E-state index contributed by atoms with van der Waals surface area (Å²) in [5, 5.41) is 7.26. The minimum absolute atomic E-state index is 0.265. The van der Waals surface area contributed by atoms with Crippen molar-refractivity contribution in [1.82, 2.24) is 9.78 Å². The Hall–Kier alpha value is -2.95. The lowest BCUT2D eigenvalue weighted by Gasteiger charge is -2.10. The predicted octanol–water partition coefficient (Wildman–Crippen LogP) is 4.19. The summed E-state index contributed by atoms with van der Waals surface area (Å²) in [7, 11) is 0. The molecular formula is C19H18FN3O. The molecule has 24 heavy (non-hydrogen) atoms. The Morgan fingerprint density at radius 3 is 2.42 bits per heavy atom. The Morgan fingerprint density at radius 2 is 1.75 bits per heavy atom. The minimum atomic E-state index is -0.443. The van der Waals surface area contributed by atoms with Gasteiger partial charge in [-0.15, -0.1) is 0 Å². The number of hydrogen-bond acceptors (Lipinski definition) is 2. The summed E-state index contributed by atoms with van der Waals surface area (Å²) in [6, 6.07) is 13.5. The highest BCUT2D eigenvalue weighted by Gasteiger charge is 2.13. The van der Waals surface area contributed by atoms with Crippen molar-refractivity contribution in [3.05, 3.63) is 76.7 Å². The second-order valence-corrected chi connectivity index (χ2v) is 5.89. The maximum absolute atomic E-state index is 13.3. The Bertz CT molecular complexity index is 894. The number of aryl methyl sites for hydroxylation is 3. The van der Waals surface area contributed by atoms with Gasteiger partial charge in [0.05, 0.1) is 11.4 Å². The molecular weight excluding hydrogens is 305 g/mol. The number of amides is 1. The van der Waals surface area contributed by atoms with Gasteiger partial charge in [0.1, 0.15) is 11.6 Å². The van der Waals surface area contributed by atoms with Gasteiger partial charge >= 0.3 is 0 Å². The summed E-state index contributed by atoms with van der Waals surface area (Å²) in [6.07, 6.45) is 0. The molecule has 0 radical (unpaired) electrons. The van der Waals surface area contributed by atoms with Crippen LogP contribution in [-0.4, -0.2) is 15.7 Å². The van der Waals surface area contributed by atoms with Crippen molar-refractivity contribution in [2.75, 3.05) is 5.32 Å². The number of benzene rings is 2. The molecule has 3 aromatic rings. The molecule has 1 N–H and O–H groups in total. The average molecular weight is 323 g/mol. The van der Waals surface area contributed by atoms with E-state index in [4.69, 9.17) is 0 Å². The molecule has 5 heteroatoms. The first kappa shape index (κ1) is 15.9. The molecule has 2 aromatic carbocycles. The predicted molar refractivity (Wildman–Crippen MR) is 92.1 cm³/mol. The molecule has 122 valence electrons. The SMILES string of the molecule is Cc1cc(C)cc(-n2nc(C)cc2NC(=O)c2cccc(F)c2)c1. The molecule has 0 aliphatic rings. The van der Waals surface area contributed by atoms with Crippen LogP contribution in [0.1, 0.15) is 27.2 Å². The van der Waals surface area contributed by atoms with Crippen LogP contribution < -0.4 is 5.32 Å². The summed E-state index contributed by atoms with van der Waals surface area (Å²) >= 11 is 0. The fourth-order valence-electron chi connectivity index (χ4n) is 2.68. The van der Waals surface area contributed by atoms with Gasteiger partial charge in [-0.2, -0.15) is 5.10 Å². The summed E-state index contributed by atoms with van der Waals surface area (Å²) in [5.74, 6) is -0.270. The van der Waals surface area contributed by atoms with E-state index in [0.717, 1.165) is 22.5 Å². The summed E-state index contributed by atoms with van der Waals surface area (Å²) in [4.78, 5) is 12.4. The van der Waals surface area contributed by atoms with Gasteiger partial charge in [-0.1, -0.05) is 12.1 Å². The molecule has 0 saturated carbocycles. The fourth-order valence-corrected chi connectivity index (χ4v) is 2.68. The number of carbonyl (C=O) groups is 1. The van der Waals surface area contributed by atoms with Crippen molar-refractivity contribution in [1.29, 1.82) is 0 Å². The number of hydrogen-bond donors (Lipinski definition) is 1. The van der Waals surface area contributed by atoms with Crippen LogP contribution in [0.3, 0.4) is 0 Å². The van der Waals surface area contributed by atoms with E-state index < -0.39 is 5.82 Å². The van der Waals surface area contributed by atoms with E-state index in [1.807, 2.05) is 32.9 Å². The van der Waals surface area contributed by atoms with Gasteiger partial charge in [0.2, 0.25) is 0 Å². The zero-order chi connectivity index (χ0) is 17.3. The molecule has 1 heterocycles. The third kappa shape index (κ3) is 3.35. The van der Waals surface area contributed by atoms with Crippen LogP contribution >= 0.6 is 0 Å². The van der Waals surface area contributed by atoms with Crippen molar-refractivity contribution < 1.29 is 9.18 Å². The quantitative estimate of drug-likeness (QED) is 0.785. The highest BCUT2D eigenvalue weighted by Crippen LogP contribution is 2.20. The first-order valence-corrected chi connectivity index (χ1v) is 7.64. The van der Waals surface area contributed by atoms with Gasteiger partial charge < -0.3 is 5.32 Å². The van der Waals surface area contributed by atoms with Gasteiger partial charge in [-0.3, -0.25) is 4.79 Å². The van der Waals surface area contributed by atoms with Crippen LogP contribution in [0.15, 0.2) is 48.5 Å². The van der Waals surface area contributed by atoms with Crippen molar-refractivity contribution in [3.8, 4) is 5.69 Å². The molecule has 0 aliphatic carbocycles. The number of anilines is 1. The summed E-state index contributed by atoms with van der Waals surface area (Å²) < 4.78 is 15.0. The Morgan fingerprint density at radius 1 is 1.04 bits per heavy atom.